The van der Waals surface area contributed by atoms with Gasteiger partial charge in [0.2, 0.25) is 17.7 Å². The third-order valence-electron chi connectivity index (χ3n) is 8.48. The Hall–Kier alpha value is -4.94. The highest BCUT2D eigenvalue weighted by atomic mass is 16.5. The number of nitrogens with zero attached hydrogens (tertiary/aromatic N) is 2. The minimum absolute atomic E-state index is 0.000870. The molecule has 0 aromatic heterocycles. The molecular weight excluding hydrogens is 614 g/mol. The highest BCUT2D eigenvalue weighted by Crippen LogP contribution is 2.19. The number of hydrogen-bond donors (Lipinski definition) is 4. The van der Waals surface area contributed by atoms with Crippen molar-refractivity contribution in [3.05, 3.63) is 95.1 Å². The number of carbonyl (C=O) groups is 4. The van der Waals surface area contributed by atoms with E-state index in [0.717, 1.165) is 44.0 Å². The molecule has 12 nitrogen and oxygen atoms in total. The Bertz CT molecular complexity index is 1560. The summed E-state index contributed by atoms with van der Waals surface area (Å²) in [6.45, 7) is 4.63. The number of hydrogen-bond acceptors (Lipinski definition) is 8. The average Bonchev–Trinajstić information content (AvgIpc) is 3.10. The largest absolute Gasteiger partial charge is 0.508 e. The molecule has 254 valence electrons. The van der Waals surface area contributed by atoms with E-state index in [0.29, 0.717) is 5.75 Å². The number of rotatable bonds is 7. The number of likely N-dealkylation sites (N-methyl/N-ethyl adjacent to an activating group) is 1. The monoisotopic (exact) mass is 657 g/mol. The molecule has 2 atom stereocenters. The third-order valence-corrected chi connectivity index (χ3v) is 8.48. The molecule has 3 aromatic carbocycles. The molecule has 2 heterocycles. The van der Waals surface area contributed by atoms with Gasteiger partial charge in [-0.2, -0.15) is 0 Å². The minimum atomic E-state index is -1.03. The van der Waals surface area contributed by atoms with E-state index in [9.17, 15) is 24.3 Å². The van der Waals surface area contributed by atoms with Crippen molar-refractivity contribution in [2.45, 2.75) is 44.4 Å². The van der Waals surface area contributed by atoms with Crippen LogP contribution in [-0.4, -0.2) is 97.1 Å². The Morgan fingerprint density at radius 2 is 1.56 bits per heavy atom. The Morgan fingerprint density at radius 3 is 2.31 bits per heavy atom. The van der Waals surface area contributed by atoms with E-state index in [1.807, 2.05) is 24.3 Å². The smallest absolute Gasteiger partial charge is 0.255 e. The summed E-state index contributed by atoms with van der Waals surface area (Å²) in [5.74, 6) is -1.29. The number of morpholine rings is 1. The maximum absolute atomic E-state index is 13.5. The number of nitrogens with one attached hydrogen (secondary N) is 3. The molecule has 2 aliphatic heterocycles. The van der Waals surface area contributed by atoms with Gasteiger partial charge in [-0.25, -0.2) is 0 Å². The molecule has 0 saturated carbocycles. The molecule has 4 amide bonds. The summed E-state index contributed by atoms with van der Waals surface area (Å²) in [7, 11) is 1.62. The zero-order chi connectivity index (χ0) is 33.9. The van der Waals surface area contributed by atoms with Crippen LogP contribution in [0.15, 0.2) is 72.8 Å². The molecular formula is C36H43N5O7. The Kier molecular flexibility index (Phi) is 12.0. The number of para-hydroxylation sites is 1. The lowest BCUT2D eigenvalue weighted by Gasteiger charge is -2.26. The Labute approximate surface area is 280 Å². The highest BCUT2D eigenvalue weighted by Gasteiger charge is 2.28. The second-order valence-corrected chi connectivity index (χ2v) is 12.1. The topological polar surface area (TPSA) is 150 Å². The van der Waals surface area contributed by atoms with Crippen molar-refractivity contribution in [2.24, 2.45) is 0 Å². The van der Waals surface area contributed by atoms with Crippen molar-refractivity contribution in [1.82, 2.24) is 25.8 Å². The maximum atomic E-state index is 13.5. The predicted molar refractivity (Wildman–Crippen MR) is 178 cm³/mol. The summed E-state index contributed by atoms with van der Waals surface area (Å²) in [5.41, 5.74) is 3.06. The van der Waals surface area contributed by atoms with Gasteiger partial charge in [0.05, 0.1) is 25.3 Å². The number of ether oxygens (including phenoxy) is 2. The van der Waals surface area contributed by atoms with E-state index in [1.54, 1.807) is 43.4 Å². The summed E-state index contributed by atoms with van der Waals surface area (Å²) in [4.78, 5) is 57.5. The van der Waals surface area contributed by atoms with Gasteiger partial charge in [-0.05, 0) is 47.4 Å². The van der Waals surface area contributed by atoms with Crippen molar-refractivity contribution in [1.29, 1.82) is 0 Å². The summed E-state index contributed by atoms with van der Waals surface area (Å²) in [6, 6.07) is 19.2. The summed E-state index contributed by atoms with van der Waals surface area (Å²) >= 11 is 0. The molecule has 1 saturated heterocycles. The van der Waals surface area contributed by atoms with Crippen LogP contribution >= 0.6 is 0 Å². The van der Waals surface area contributed by atoms with E-state index < -0.39 is 29.8 Å². The molecule has 0 bridgehead atoms. The van der Waals surface area contributed by atoms with E-state index in [-0.39, 0.29) is 56.2 Å². The van der Waals surface area contributed by atoms with Gasteiger partial charge in [0.25, 0.3) is 5.91 Å². The number of benzene rings is 3. The lowest BCUT2D eigenvalue weighted by molar-refractivity contribution is -0.135. The van der Waals surface area contributed by atoms with Crippen LogP contribution in [0, 0.1) is 0 Å². The van der Waals surface area contributed by atoms with E-state index in [1.165, 1.54) is 22.6 Å². The first-order valence-corrected chi connectivity index (χ1v) is 16.3. The van der Waals surface area contributed by atoms with Crippen LogP contribution in [0.3, 0.4) is 0 Å². The van der Waals surface area contributed by atoms with E-state index in [2.05, 4.69) is 20.9 Å². The van der Waals surface area contributed by atoms with Gasteiger partial charge >= 0.3 is 0 Å². The number of carbonyl (C=O) groups excluding carboxylic acids is 4. The van der Waals surface area contributed by atoms with Crippen LogP contribution < -0.4 is 20.7 Å². The summed E-state index contributed by atoms with van der Waals surface area (Å²) in [5, 5.41) is 18.2. The highest BCUT2D eigenvalue weighted by molar-refractivity contribution is 5.99. The predicted octanol–water partition coefficient (Wildman–Crippen LogP) is 2.00. The fraction of sp³-hybridized carbons (Fsp3) is 0.389. The molecule has 12 heteroatoms. The van der Waals surface area contributed by atoms with E-state index in [4.69, 9.17) is 9.47 Å². The number of amides is 4. The number of fused-ring (bicyclic) bond motifs is 1. The second kappa shape index (κ2) is 16.8. The minimum Gasteiger partial charge on any atom is -0.508 e. The number of aromatic hydroxyl groups is 1. The molecule has 1 fully saturated rings. The molecule has 3 aromatic rings. The first kappa shape index (κ1) is 34.4. The van der Waals surface area contributed by atoms with Gasteiger partial charge in [0.15, 0.2) is 0 Å². The van der Waals surface area contributed by atoms with Crippen LogP contribution in [0.1, 0.15) is 39.9 Å². The summed E-state index contributed by atoms with van der Waals surface area (Å²) < 4.78 is 11.3. The molecule has 0 radical (unpaired) electrons. The average molecular weight is 658 g/mol. The second-order valence-electron chi connectivity index (χ2n) is 12.1. The van der Waals surface area contributed by atoms with Crippen LogP contribution in [0.5, 0.6) is 11.5 Å². The Morgan fingerprint density at radius 1 is 0.875 bits per heavy atom. The zero-order valence-corrected chi connectivity index (χ0v) is 27.2. The van der Waals surface area contributed by atoms with Gasteiger partial charge in [-0.3, -0.25) is 24.1 Å². The molecule has 0 spiro atoms. The Balaban J connectivity index is 1.29. The lowest BCUT2D eigenvalue weighted by Crippen LogP contribution is -2.50. The van der Waals surface area contributed by atoms with Crippen molar-refractivity contribution in [2.75, 3.05) is 46.5 Å². The third kappa shape index (κ3) is 9.79. The first-order chi connectivity index (χ1) is 23.2. The van der Waals surface area contributed by atoms with Crippen LogP contribution in [0.2, 0.25) is 0 Å². The number of phenolic OH excluding ortho intramolecular Hbond substituents is 1. The van der Waals surface area contributed by atoms with Gasteiger partial charge in [-0.15, -0.1) is 0 Å². The fourth-order valence-corrected chi connectivity index (χ4v) is 5.66. The standard InChI is InChI=1S/C36H43N5O7/c1-40-16-21-48-32-5-3-2-4-29(32)34(44)39-30(14-15-33(43)38-31(36(40)46)22-25-10-12-28(42)13-11-25)35(45)37-23-26-6-8-27(9-7-26)24-41-17-19-47-20-18-41/h2-13,30-31,42H,14-24H2,1H3,(H,37,45)(H,38,43)(H,39,44)/t30-,31-/m0/s1. The van der Waals surface area contributed by atoms with Gasteiger partial charge in [0.1, 0.15) is 30.2 Å². The van der Waals surface area contributed by atoms with Crippen molar-refractivity contribution in [3.8, 4) is 11.5 Å². The molecule has 2 aliphatic rings. The lowest BCUT2D eigenvalue weighted by atomic mass is 10.0. The van der Waals surface area contributed by atoms with Crippen LogP contribution in [0.25, 0.3) is 0 Å². The zero-order valence-electron chi connectivity index (χ0n) is 27.2. The van der Waals surface area contributed by atoms with E-state index >= 15 is 0 Å². The van der Waals surface area contributed by atoms with Crippen LogP contribution in [0.4, 0.5) is 0 Å². The van der Waals surface area contributed by atoms with Crippen molar-refractivity contribution in [3.63, 3.8) is 0 Å². The molecule has 0 aliphatic carbocycles. The van der Waals surface area contributed by atoms with Crippen LogP contribution in [-0.2, 0) is 38.6 Å². The molecule has 48 heavy (non-hydrogen) atoms. The molecule has 4 N–H and O–H groups in total. The van der Waals surface area contributed by atoms with Gasteiger partial charge in [0, 0.05) is 46.1 Å². The van der Waals surface area contributed by atoms with Crippen molar-refractivity contribution >= 4 is 23.6 Å². The number of phenols is 1. The normalized spacial score (nSPS) is 19.9. The summed E-state index contributed by atoms with van der Waals surface area (Å²) in [6.07, 6.45) is 0.0848. The molecule has 0 unspecified atom stereocenters. The van der Waals surface area contributed by atoms with Gasteiger partial charge < -0.3 is 35.4 Å². The maximum Gasteiger partial charge on any atom is 0.255 e. The fourth-order valence-electron chi connectivity index (χ4n) is 5.66. The first-order valence-electron chi connectivity index (χ1n) is 16.3. The van der Waals surface area contributed by atoms with Gasteiger partial charge in [-0.1, -0.05) is 48.5 Å². The van der Waals surface area contributed by atoms with Crippen molar-refractivity contribution < 1.29 is 33.8 Å². The molecule has 5 rings (SSSR count). The SMILES string of the molecule is CN1CCOc2ccccc2C(=O)N[C@H](C(=O)NCc2ccc(CN3CCOCC3)cc2)CCC(=O)N[C@@H](Cc2ccc(O)cc2)C1=O. The quantitative estimate of drug-likeness (QED) is 0.302.